The molecule has 0 bridgehead atoms. The van der Waals surface area contributed by atoms with Crippen LogP contribution in [0.4, 0.5) is 0 Å². The lowest BCUT2D eigenvalue weighted by molar-refractivity contribution is 0.0877. The lowest BCUT2D eigenvalue weighted by Crippen LogP contribution is -2.43. The van der Waals surface area contributed by atoms with Crippen LogP contribution in [0.15, 0.2) is 0 Å². The summed E-state index contributed by atoms with van der Waals surface area (Å²) < 4.78 is 0. The monoisotopic (exact) mass is 280 g/mol. The van der Waals surface area contributed by atoms with Gasteiger partial charge in [0.1, 0.15) is 0 Å². The van der Waals surface area contributed by atoms with Gasteiger partial charge in [-0.2, -0.15) is 0 Å². The van der Waals surface area contributed by atoms with E-state index in [1.807, 2.05) is 0 Å². The van der Waals surface area contributed by atoms with Crippen molar-refractivity contribution in [1.29, 1.82) is 0 Å². The van der Waals surface area contributed by atoms with E-state index in [0.717, 1.165) is 17.9 Å². The minimum absolute atomic E-state index is 0.552. The first kappa shape index (κ1) is 16.3. The molecule has 2 aliphatic rings. The highest BCUT2D eigenvalue weighted by atomic mass is 15.1. The maximum Gasteiger partial charge on any atom is 0.00925 e. The molecule has 1 aliphatic carbocycles. The van der Waals surface area contributed by atoms with Gasteiger partial charge in [-0.05, 0) is 75.9 Å². The Hall–Kier alpha value is -0.0800. The van der Waals surface area contributed by atoms with Gasteiger partial charge in [0.25, 0.3) is 0 Å². The van der Waals surface area contributed by atoms with E-state index in [2.05, 4.69) is 38.0 Å². The van der Waals surface area contributed by atoms with Gasteiger partial charge in [-0.15, -0.1) is 0 Å². The second kappa shape index (κ2) is 7.26. The van der Waals surface area contributed by atoms with Crippen LogP contribution in [0.2, 0.25) is 0 Å². The Kier molecular flexibility index (Phi) is 5.92. The van der Waals surface area contributed by atoms with E-state index >= 15 is 0 Å². The van der Waals surface area contributed by atoms with Crippen molar-refractivity contribution in [2.24, 2.45) is 17.3 Å². The molecule has 0 amide bonds. The molecule has 0 radical (unpaired) electrons. The van der Waals surface area contributed by atoms with Gasteiger partial charge in [0.05, 0.1) is 0 Å². The van der Waals surface area contributed by atoms with Gasteiger partial charge in [0, 0.05) is 12.6 Å². The molecule has 1 aliphatic heterocycles. The molecule has 1 heterocycles. The number of hydrogen-bond acceptors (Lipinski definition) is 2. The number of nitrogens with zero attached hydrogens (tertiary/aromatic N) is 1. The fraction of sp³-hybridized carbons (Fsp3) is 1.00. The number of nitrogens with one attached hydrogen (secondary N) is 1. The highest BCUT2D eigenvalue weighted by Gasteiger charge is 2.33. The van der Waals surface area contributed by atoms with Crippen LogP contribution in [0, 0.1) is 17.3 Å². The van der Waals surface area contributed by atoms with Crippen molar-refractivity contribution in [3.63, 3.8) is 0 Å². The maximum atomic E-state index is 3.55. The summed E-state index contributed by atoms with van der Waals surface area (Å²) in [4.78, 5) is 2.67. The van der Waals surface area contributed by atoms with Crippen molar-refractivity contribution in [2.45, 2.75) is 71.8 Å². The molecule has 1 saturated heterocycles. The van der Waals surface area contributed by atoms with Gasteiger partial charge in [-0.3, -0.25) is 0 Å². The van der Waals surface area contributed by atoms with Crippen LogP contribution in [-0.4, -0.2) is 37.6 Å². The highest BCUT2D eigenvalue weighted by Crippen LogP contribution is 2.41. The van der Waals surface area contributed by atoms with E-state index in [0.29, 0.717) is 5.41 Å². The lowest BCUT2D eigenvalue weighted by Gasteiger charge is -2.42. The van der Waals surface area contributed by atoms with Crippen molar-refractivity contribution >= 4 is 0 Å². The summed E-state index contributed by atoms with van der Waals surface area (Å²) in [6.45, 7) is 11.1. The largest absolute Gasteiger partial charge is 0.316 e. The minimum atomic E-state index is 0.552. The molecule has 2 rings (SSSR count). The molecule has 1 N–H and O–H groups in total. The van der Waals surface area contributed by atoms with Crippen LogP contribution in [-0.2, 0) is 0 Å². The van der Waals surface area contributed by atoms with Crippen molar-refractivity contribution in [1.82, 2.24) is 10.2 Å². The molecule has 20 heavy (non-hydrogen) atoms. The van der Waals surface area contributed by atoms with Gasteiger partial charge in [-0.25, -0.2) is 0 Å². The zero-order valence-corrected chi connectivity index (χ0v) is 14.3. The molecule has 0 aromatic carbocycles. The zero-order chi connectivity index (χ0) is 14.6. The Morgan fingerprint density at radius 1 is 1.10 bits per heavy atom. The van der Waals surface area contributed by atoms with E-state index < -0.39 is 0 Å². The first-order valence-corrected chi connectivity index (χ1v) is 8.94. The number of hydrogen-bond donors (Lipinski definition) is 1. The standard InChI is InChI=1S/C18H36N2/c1-5-18(2,3)16-8-10-17(11-9-16)20(4)14-15-7-6-12-19-13-15/h15-17,19H,5-14H2,1-4H3. The molecule has 1 saturated carbocycles. The quantitative estimate of drug-likeness (QED) is 0.821. The Morgan fingerprint density at radius 2 is 1.80 bits per heavy atom. The molecular weight excluding hydrogens is 244 g/mol. The first-order chi connectivity index (χ1) is 9.53. The predicted octanol–water partition coefficient (Wildman–Crippen LogP) is 3.91. The summed E-state index contributed by atoms with van der Waals surface area (Å²) in [5.74, 6) is 1.84. The summed E-state index contributed by atoms with van der Waals surface area (Å²) in [7, 11) is 2.37. The summed E-state index contributed by atoms with van der Waals surface area (Å²) in [5, 5.41) is 3.55. The molecule has 2 heteroatoms. The maximum absolute atomic E-state index is 3.55. The average Bonchev–Trinajstić information content (AvgIpc) is 2.48. The molecule has 1 unspecified atom stereocenters. The molecule has 2 nitrogen and oxygen atoms in total. The van der Waals surface area contributed by atoms with Crippen molar-refractivity contribution in [3.05, 3.63) is 0 Å². The zero-order valence-electron chi connectivity index (χ0n) is 14.3. The Labute approximate surface area is 126 Å². The van der Waals surface area contributed by atoms with Gasteiger partial charge < -0.3 is 10.2 Å². The Balaban J connectivity index is 1.75. The summed E-state index contributed by atoms with van der Waals surface area (Å²) in [6, 6.07) is 0.848. The third kappa shape index (κ3) is 4.21. The van der Waals surface area contributed by atoms with Gasteiger partial charge in [0.2, 0.25) is 0 Å². The van der Waals surface area contributed by atoms with Crippen LogP contribution < -0.4 is 5.32 Å². The minimum Gasteiger partial charge on any atom is -0.316 e. The van der Waals surface area contributed by atoms with Gasteiger partial charge in [-0.1, -0.05) is 27.2 Å². The van der Waals surface area contributed by atoms with Crippen LogP contribution in [0.5, 0.6) is 0 Å². The average molecular weight is 280 g/mol. The SMILES string of the molecule is CCC(C)(C)C1CCC(N(C)CC2CCCNC2)CC1. The highest BCUT2D eigenvalue weighted by molar-refractivity contribution is 4.86. The van der Waals surface area contributed by atoms with Crippen molar-refractivity contribution < 1.29 is 0 Å². The van der Waals surface area contributed by atoms with Gasteiger partial charge in [0.15, 0.2) is 0 Å². The third-order valence-electron chi connectivity index (χ3n) is 6.28. The predicted molar refractivity (Wildman–Crippen MR) is 88.0 cm³/mol. The van der Waals surface area contributed by atoms with E-state index in [-0.39, 0.29) is 0 Å². The van der Waals surface area contributed by atoms with Crippen molar-refractivity contribution in [3.8, 4) is 0 Å². The summed E-state index contributed by atoms with van der Waals surface area (Å²) in [5.41, 5.74) is 0.552. The van der Waals surface area contributed by atoms with Crippen LogP contribution in [0.1, 0.15) is 65.7 Å². The first-order valence-electron chi connectivity index (χ1n) is 8.94. The molecule has 1 atom stereocenters. The van der Waals surface area contributed by atoms with Crippen LogP contribution >= 0.6 is 0 Å². The molecule has 0 spiro atoms. The topological polar surface area (TPSA) is 15.3 Å². The van der Waals surface area contributed by atoms with Gasteiger partial charge >= 0.3 is 0 Å². The summed E-state index contributed by atoms with van der Waals surface area (Å²) in [6.07, 6.45) is 9.85. The Morgan fingerprint density at radius 3 is 2.35 bits per heavy atom. The van der Waals surface area contributed by atoms with E-state index in [1.54, 1.807) is 0 Å². The third-order valence-corrected chi connectivity index (χ3v) is 6.28. The van der Waals surface area contributed by atoms with Crippen LogP contribution in [0.25, 0.3) is 0 Å². The molecule has 118 valence electrons. The molecule has 0 aromatic heterocycles. The number of piperidine rings is 1. The summed E-state index contributed by atoms with van der Waals surface area (Å²) >= 11 is 0. The van der Waals surface area contributed by atoms with E-state index in [4.69, 9.17) is 0 Å². The second-order valence-corrected chi connectivity index (χ2v) is 8.00. The smallest absolute Gasteiger partial charge is 0.00925 e. The molecule has 0 aromatic rings. The van der Waals surface area contributed by atoms with Crippen molar-refractivity contribution in [2.75, 3.05) is 26.7 Å². The Bertz CT molecular complexity index is 273. The lowest BCUT2D eigenvalue weighted by atomic mass is 9.68. The fourth-order valence-electron chi connectivity index (χ4n) is 4.22. The molecule has 2 fully saturated rings. The second-order valence-electron chi connectivity index (χ2n) is 8.00. The van der Waals surface area contributed by atoms with Crippen LogP contribution in [0.3, 0.4) is 0 Å². The van der Waals surface area contributed by atoms with E-state index in [1.165, 1.54) is 64.6 Å². The fourth-order valence-corrected chi connectivity index (χ4v) is 4.22. The number of rotatable bonds is 5. The molecular formula is C18H36N2. The van der Waals surface area contributed by atoms with E-state index in [9.17, 15) is 0 Å². The normalized spacial score (nSPS) is 32.5.